The first-order valence-electron chi connectivity index (χ1n) is 12.6. The Balaban J connectivity index is 1.42. The topological polar surface area (TPSA) is 0 Å². The second kappa shape index (κ2) is 12.3. The zero-order valence-electron chi connectivity index (χ0n) is 19.0. The molecule has 0 heterocycles. The van der Waals surface area contributed by atoms with Crippen LogP contribution in [0.5, 0.6) is 0 Å². The molecule has 0 amide bonds. The molecule has 158 valence electrons. The monoisotopic (exact) mass is 390 g/mol. The molecular formula is C29H42. The lowest BCUT2D eigenvalue weighted by atomic mass is 9.77. The molecule has 0 atom stereocenters. The molecule has 0 aromatic heterocycles. The van der Waals surface area contributed by atoms with Crippen LogP contribution in [0.3, 0.4) is 0 Å². The smallest absolute Gasteiger partial charge is 0.0249 e. The molecule has 2 aliphatic rings. The summed E-state index contributed by atoms with van der Waals surface area (Å²) < 4.78 is 0. The van der Waals surface area contributed by atoms with Gasteiger partial charge in [-0.2, -0.15) is 0 Å². The lowest BCUT2D eigenvalue weighted by Gasteiger charge is -2.29. The van der Waals surface area contributed by atoms with Gasteiger partial charge in [-0.25, -0.2) is 0 Å². The normalized spacial score (nSPS) is 27.5. The van der Waals surface area contributed by atoms with Gasteiger partial charge in [0, 0.05) is 5.56 Å². The van der Waals surface area contributed by atoms with Gasteiger partial charge in [0.1, 0.15) is 0 Å². The van der Waals surface area contributed by atoms with Crippen molar-refractivity contribution in [3.05, 3.63) is 47.5 Å². The minimum Gasteiger partial charge on any atom is -0.0730 e. The van der Waals surface area contributed by atoms with Gasteiger partial charge in [0.05, 0.1) is 0 Å². The Morgan fingerprint density at radius 2 is 1.52 bits per heavy atom. The van der Waals surface area contributed by atoms with Crippen molar-refractivity contribution in [2.45, 2.75) is 103 Å². The Labute approximate surface area is 180 Å². The van der Waals surface area contributed by atoms with Crippen LogP contribution < -0.4 is 0 Å². The van der Waals surface area contributed by atoms with Crippen LogP contribution in [0.25, 0.3) is 0 Å². The van der Waals surface area contributed by atoms with Crippen LogP contribution in [0.1, 0.15) is 114 Å². The zero-order chi connectivity index (χ0) is 20.3. The van der Waals surface area contributed by atoms with Crippen LogP contribution in [0.2, 0.25) is 0 Å². The summed E-state index contributed by atoms with van der Waals surface area (Å²) in [5.74, 6) is 10.1. The summed E-state index contributed by atoms with van der Waals surface area (Å²) >= 11 is 0. The van der Waals surface area contributed by atoms with Crippen LogP contribution in [0.4, 0.5) is 0 Å². The van der Waals surface area contributed by atoms with E-state index in [1.807, 2.05) is 0 Å². The third-order valence-electron chi connectivity index (χ3n) is 7.58. The van der Waals surface area contributed by atoms with Crippen molar-refractivity contribution < 1.29 is 0 Å². The van der Waals surface area contributed by atoms with E-state index in [4.69, 9.17) is 0 Å². The lowest BCUT2D eigenvalue weighted by Crippen LogP contribution is -2.13. The van der Waals surface area contributed by atoms with Crippen molar-refractivity contribution in [2.75, 3.05) is 0 Å². The summed E-state index contributed by atoms with van der Waals surface area (Å²) in [4.78, 5) is 0. The Kier molecular flexibility index (Phi) is 9.40. The number of hydrogen-bond acceptors (Lipinski definition) is 0. The van der Waals surface area contributed by atoms with Gasteiger partial charge < -0.3 is 0 Å². The van der Waals surface area contributed by atoms with Crippen LogP contribution in [0.15, 0.2) is 36.4 Å². The first kappa shape index (κ1) is 22.2. The van der Waals surface area contributed by atoms with Gasteiger partial charge in [-0.1, -0.05) is 76.0 Å². The second-order valence-electron chi connectivity index (χ2n) is 9.65. The summed E-state index contributed by atoms with van der Waals surface area (Å²) in [6, 6.07) is 9.13. The Morgan fingerprint density at radius 3 is 2.17 bits per heavy atom. The molecule has 0 aliphatic heterocycles. The molecule has 0 heteroatoms. The average molecular weight is 391 g/mol. The van der Waals surface area contributed by atoms with Gasteiger partial charge in [0.2, 0.25) is 0 Å². The molecule has 0 radical (unpaired) electrons. The van der Waals surface area contributed by atoms with Crippen LogP contribution in [-0.2, 0) is 0 Å². The van der Waals surface area contributed by atoms with Gasteiger partial charge in [-0.15, -0.1) is 0 Å². The highest BCUT2D eigenvalue weighted by Gasteiger charge is 2.22. The van der Waals surface area contributed by atoms with E-state index < -0.39 is 0 Å². The maximum absolute atomic E-state index is 3.33. The molecule has 0 saturated heterocycles. The molecule has 2 saturated carbocycles. The van der Waals surface area contributed by atoms with E-state index in [2.05, 4.69) is 62.1 Å². The SMILES string of the molecule is CCCCCC1CCC(c2ccc(C#C/C=C/C3CCC(CC)CC3)cc2)CC1. The molecule has 3 rings (SSSR count). The summed E-state index contributed by atoms with van der Waals surface area (Å²) in [7, 11) is 0. The minimum absolute atomic E-state index is 0.756. The van der Waals surface area contributed by atoms with Gasteiger partial charge in [0.25, 0.3) is 0 Å². The third-order valence-corrected chi connectivity index (χ3v) is 7.58. The molecule has 0 unspecified atom stereocenters. The molecule has 0 spiro atoms. The van der Waals surface area contributed by atoms with Crippen LogP contribution >= 0.6 is 0 Å². The maximum atomic E-state index is 3.33. The van der Waals surface area contributed by atoms with Gasteiger partial charge >= 0.3 is 0 Å². The van der Waals surface area contributed by atoms with E-state index in [1.54, 1.807) is 0 Å². The molecule has 1 aromatic carbocycles. The zero-order valence-corrected chi connectivity index (χ0v) is 19.0. The predicted octanol–water partition coefficient (Wildman–Crippen LogP) is 8.66. The molecular weight excluding hydrogens is 348 g/mol. The first-order valence-corrected chi connectivity index (χ1v) is 12.6. The van der Waals surface area contributed by atoms with E-state index in [-0.39, 0.29) is 0 Å². The molecule has 0 nitrogen and oxygen atoms in total. The average Bonchev–Trinajstić information content (AvgIpc) is 2.78. The fourth-order valence-electron chi connectivity index (χ4n) is 5.40. The molecule has 1 aromatic rings. The van der Waals surface area contributed by atoms with Crippen LogP contribution in [0, 0.1) is 29.6 Å². The minimum atomic E-state index is 0.756. The highest BCUT2D eigenvalue weighted by atomic mass is 14.3. The Bertz CT molecular complexity index is 652. The van der Waals surface area contributed by atoms with E-state index in [1.165, 1.54) is 89.0 Å². The third kappa shape index (κ3) is 7.37. The molecule has 2 aliphatic carbocycles. The predicted molar refractivity (Wildman–Crippen MR) is 127 cm³/mol. The number of benzene rings is 1. The molecule has 0 bridgehead atoms. The van der Waals surface area contributed by atoms with Crippen molar-refractivity contribution in [1.82, 2.24) is 0 Å². The highest BCUT2D eigenvalue weighted by molar-refractivity contribution is 5.39. The van der Waals surface area contributed by atoms with Crippen molar-refractivity contribution in [3.8, 4) is 11.8 Å². The first-order chi connectivity index (χ1) is 14.3. The number of unbranched alkanes of at least 4 members (excludes halogenated alkanes) is 2. The van der Waals surface area contributed by atoms with Gasteiger partial charge in [0.15, 0.2) is 0 Å². The van der Waals surface area contributed by atoms with Gasteiger partial charge in [-0.05, 0) is 98.8 Å². The summed E-state index contributed by atoms with van der Waals surface area (Å²) in [5, 5.41) is 0. The van der Waals surface area contributed by atoms with E-state index in [0.717, 1.165) is 29.2 Å². The summed E-state index contributed by atoms with van der Waals surface area (Å²) in [6.45, 7) is 4.64. The number of hydrogen-bond donors (Lipinski definition) is 0. The van der Waals surface area contributed by atoms with E-state index in [0.29, 0.717) is 0 Å². The fourth-order valence-corrected chi connectivity index (χ4v) is 5.40. The highest BCUT2D eigenvalue weighted by Crippen LogP contribution is 2.37. The fraction of sp³-hybridized carbons (Fsp3) is 0.655. The molecule has 29 heavy (non-hydrogen) atoms. The van der Waals surface area contributed by atoms with E-state index >= 15 is 0 Å². The summed E-state index contributed by atoms with van der Waals surface area (Å²) in [6.07, 6.45) is 22.6. The maximum Gasteiger partial charge on any atom is 0.0249 e. The summed E-state index contributed by atoms with van der Waals surface area (Å²) in [5.41, 5.74) is 2.69. The van der Waals surface area contributed by atoms with Crippen molar-refractivity contribution in [1.29, 1.82) is 0 Å². The standard InChI is InChI=1S/C29H42/c1-3-5-6-9-26-16-20-28(21-17-26)29-22-18-27(19-23-29)11-8-7-10-25-14-12-24(4-2)13-15-25/h7,10,18-19,22-26,28H,3-6,9,12-17,20-21H2,1-2H3/b10-7+. The largest absolute Gasteiger partial charge is 0.0730 e. The second-order valence-corrected chi connectivity index (χ2v) is 9.65. The lowest BCUT2D eigenvalue weighted by molar-refractivity contribution is 0.303. The van der Waals surface area contributed by atoms with Crippen molar-refractivity contribution in [3.63, 3.8) is 0 Å². The number of rotatable bonds is 7. The van der Waals surface area contributed by atoms with Crippen molar-refractivity contribution in [2.24, 2.45) is 17.8 Å². The quantitative estimate of drug-likeness (QED) is 0.323. The van der Waals surface area contributed by atoms with Crippen LogP contribution in [-0.4, -0.2) is 0 Å². The van der Waals surface area contributed by atoms with Gasteiger partial charge in [-0.3, -0.25) is 0 Å². The Morgan fingerprint density at radius 1 is 0.828 bits per heavy atom. The Hall–Kier alpha value is -1.48. The molecule has 0 N–H and O–H groups in total. The number of allylic oxidation sites excluding steroid dienone is 2. The van der Waals surface area contributed by atoms with Crippen molar-refractivity contribution >= 4 is 0 Å². The molecule has 2 fully saturated rings. The van der Waals surface area contributed by atoms with E-state index in [9.17, 15) is 0 Å².